The first-order chi connectivity index (χ1) is 13.0. The van der Waals surface area contributed by atoms with Crippen molar-refractivity contribution in [3.8, 4) is 0 Å². The summed E-state index contributed by atoms with van der Waals surface area (Å²) in [5, 5.41) is 0. The second-order valence-corrected chi connectivity index (χ2v) is 6.19. The lowest BCUT2D eigenvalue weighted by Crippen LogP contribution is -2.15. The molecule has 2 aromatic heterocycles. The van der Waals surface area contributed by atoms with Gasteiger partial charge in [0, 0.05) is 22.5 Å². The Morgan fingerprint density at radius 2 is 1.89 bits per heavy atom. The molecule has 1 aromatic carbocycles. The summed E-state index contributed by atoms with van der Waals surface area (Å²) in [7, 11) is 0. The first-order valence-electron chi connectivity index (χ1n) is 8.44. The predicted molar refractivity (Wildman–Crippen MR) is 98.2 cm³/mol. The van der Waals surface area contributed by atoms with Gasteiger partial charge in [0.15, 0.2) is 6.61 Å². The van der Waals surface area contributed by atoms with Crippen molar-refractivity contribution < 1.29 is 23.5 Å². The van der Waals surface area contributed by atoms with E-state index < -0.39 is 5.97 Å². The van der Waals surface area contributed by atoms with Crippen molar-refractivity contribution in [2.45, 2.75) is 20.4 Å². The number of aromatic nitrogens is 1. The highest BCUT2D eigenvalue weighted by atomic mass is 16.5. The fraction of sp³-hybridized carbons (Fsp3) is 0.190. The molecule has 0 atom stereocenters. The van der Waals surface area contributed by atoms with Crippen molar-refractivity contribution in [1.82, 2.24) is 4.57 Å². The minimum absolute atomic E-state index is 0.272. The Labute approximate surface area is 156 Å². The van der Waals surface area contributed by atoms with Gasteiger partial charge in [-0.2, -0.15) is 0 Å². The van der Waals surface area contributed by atoms with Crippen LogP contribution < -0.4 is 0 Å². The van der Waals surface area contributed by atoms with Crippen LogP contribution in [0, 0.1) is 13.8 Å². The summed E-state index contributed by atoms with van der Waals surface area (Å²) in [5.74, 6) is -0.0853. The van der Waals surface area contributed by atoms with Gasteiger partial charge in [0.25, 0.3) is 0 Å². The zero-order chi connectivity index (χ0) is 19.4. The van der Waals surface area contributed by atoms with Crippen LogP contribution in [0.4, 0.5) is 0 Å². The van der Waals surface area contributed by atoms with Gasteiger partial charge in [0.05, 0.1) is 18.4 Å². The molecule has 6 nitrogen and oxygen atoms in total. The van der Waals surface area contributed by atoms with Crippen molar-refractivity contribution in [2.75, 3.05) is 6.61 Å². The number of aryl methyl sites for hydroxylation is 1. The van der Waals surface area contributed by atoms with Crippen LogP contribution in [0.1, 0.15) is 48.2 Å². The minimum atomic E-state index is -0.606. The molecule has 0 radical (unpaired) electrons. The Hall–Kier alpha value is -3.41. The number of esters is 1. The number of benzene rings is 1. The molecule has 0 aliphatic heterocycles. The molecule has 0 spiro atoms. The third kappa shape index (κ3) is 4.06. The Morgan fingerprint density at radius 3 is 2.52 bits per heavy atom. The van der Waals surface area contributed by atoms with Crippen molar-refractivity contribution >= 4 is 18.0 Å². The number of carbonyl (C=O) groups is 3. The van der Waals surface area contributed by atoms with Gasteiger partial charge < -0.3 is 13.7 Å². The molecule has 0 aliphatic rings. The van der Waals surface area contributed by atoms with Gasteiger partial charge in [-0.05, 0) is 44.2 Å². The van der Waals surface area contributed by atoms with E-state index in [1.807, 2.05) is 30.5 Å². The zero-order valence-corrected chi connectivity index (χ0v) is 15.1. The van der Waals surface area contributed by atoms with Crippen molar-refractivity contribution in [1.29, 1.82) is 0 Å². The lowest BCUT2D eigenvalue weighted by molar-refractivity contribution is 0.0474. The van der Waals surface area contributed by atoms with Gasteiger partial charge in [-0.3, -0.25) is 9.59 Å². The number of aldehydes is 1. The van der Waals surface area contributed by atoms with Crippen molar-refractivity contribution in [3.63, 3.8) is 0 Å². The lowest BCUT2D eigenvalue weighted by Gasteiger charge is -2.08. The molecular formula is C21H19NO5. The van der Waals surface area contributed by atoms with Gasteiger partial charge >= 0.3 is 5.97 Å². The molecule has 138 valence electrons. The second-order valence-electron chi connectivity index (χ2n) is 6.19. The highest BCUT2D eigenvalue weighted by Gasteiger charge is 2.18. The monoisotopic (exact) mass is 365 g/mol. The SMILES string of the molecule is Cc1cc(C(=O)COC(=O)c2ccc(C=O)cc2)c(C)n1Cc1ccco1. The molecule has 0 N–H and O–H groups in total. The molecule has 0 fully saturated rings. The quantitative estimate of drug-likeness (QED) is 0.363. The molecule has 6 heteroatoms. The van der Waals surface area contributed by atoms with Crippen LogP contribution in [0.5, 0.6) is 0 Å². The van der Waals surface area contributed by atoms with Crippen LogP contribution in [0.3, 0.4) is 0 Å². The third-order valence-corrected chi connectivity index (χ3v) is 4.38. The molecule has 27 heavy (non-hydrogen) atoms. The molecule has 0 unspecified atom stereocenters. The summed E-state index contributed by atoms with van der Waals surface area (Å²) in [4.78, 5) is 35.2. The maximum Gasteiger partial charge on any atom is 0.338 e. The number of nitrogens with zero attached hydrogens (tertiary/aromatic N) is 1. The van der Waals surface area contributed by atoms with Gasteiger partial charge in [0.1, 0.15) is 12.0 Å². The summed E-state index contributed by atoms with van der Waals surface area (Å²) in [6, 6.07) is 11.5. The van der Waals surface area contributed by atoms with Crippen LogP contribution >= 0.6 is 0 Å². The van der Waals surface area contributed by atoms with Crippen LogP contribution in [0.2, 0.25) is 0 Å². The summed E-state index contributed by atoms with van der Waals surface area (Å²) in [5.41, 5.74) is 2.98. The fourth-order valence-corrected chi connectivity index (χ4v) is 2.88. The van der Waals surface area contributed by atoms with E-state index in [1.54, 1.807) is 12.3 Å². The number of ether oxygens (including phenoxy) is 1. The number of hydrogen-bond acceptors (Lipinski definition) is 5. The molecule has 3 rings (SSSR count). The smallest absolute Gasteiger partial charge is 0.338 e. The summed E-state index contributed by atoms with van der Waals surface area (Å²) in [6.07, 6.45) is 2.30. The van der Waals surface area contributed by atoms with Crippen LogP contribution in [-0.4, -0.2) is 29.2 Å². The largest absolute Gasteiger partial charge is 0.467 e. The van der Waals surface area contributed by atoms with E-state index in [-0.39, 0.29) is 18.0 Å². The van der Waals surface area contributed by atoms with E-state index in [0.29, 0.717) is 24.0 Å². The molecule has 0 saturated heterocycles. The maximum absolute atomic E-state index is 12.5. The topological polar surface area (TPSA) is 78.5 Å². The van der Waals surface area contributed by atoms with Crippen LogP contribution in [0.25, 0.3) is 0 Å². The molecule has 0 saturated carbocycles. The van der Waals surface area contributed by atoms with E-state index in [0.717, 1.165) is 17.1 Å². The Kier molecular flexibility index (Phi) is 5.35. The zero-order valence-electron chi connectivity index (χ0n) is 15.1. The Bertz CT molecular complexity index is 965. The Morgan fingerprint density at radius 1 is 1.15 bits per heavy atom. The van der Waals surface area contributed by atoms with Gasteiger partial charge in [0.2, 0.25) is 5.78 Å². The predicted octanol–water partition coefficient (Wildman–Crippen LogP) is 3.60. The number of furan rings is 1. The number of rotatable bonds is 7. The molecule has 0 bridgehead atoms. The van der Waals surface area contributed by atoms with E-state index in [1.165, 1.54) is 24.3 Å². The van der Waals surface area contributed by atoms with E-state index in [4.69, 9.17) is 9.15 Å². The van der Waals surface area contributed by atoms with Gasteiger partial charge in [-0.25, -0.2) is 4.79 Å². The maximum atomic E-state index is 12.5. The molecule has 0 amide bonds. The van der Waals surface area contributed by atoms with E-state index >= 15 is 0 Å². The summed E-state index contributed by atoms with van der Waals surface area (Å²) < 4.78 is 12.5. The first-order valence-corrected chi connectivity index (χ1v) is 8.44. The van der Waals surface area contributed by atoms with E-state index in [9.17, 15) is 14.4 Å². The van der Waals surface area contributed by atoms with Crippen molar-refractivity contribution in [3.05, 3.63) is 82.6 Å². The average molecular weight is 365 g/mol. The van der Waals surface area contributed by atoms with Gasteiger partial charge in [-0.15, -0.1) is 0 Å². The number of ketones is 1. The lowest BCUT2D eigenvalue weighted by atomic mass is 10.1. The molecule has 3 aromatic rings. The standard InChI is InChI=1S/C21H19NO5/c1-14-10-19(15(2)22(14)11-18-4-3-9-26-18)20(24)13-27-21(25)17-7-5-16(12-23)6-8-17/h3-10,12H,11,13H2,1-2H3. The van der Waals surface area contributed by atoms with E-state index in [2.05, 4.69) is 0 Å². The minimum Gasteiger partial charge on any atom is -0.467 e. The Balaban J connectivity index is 1.67. The summed E-state index contributed by atoms with van der Waals surface area (Å²) in [6.45, 7) is 3.94. The van der Waals surface area contributed by atoms with Crippen molar-refractivity contribution in [2.24, 2.45) is 0 Å². The second kappa shape index (κ2) is 7.86. The van der Waals surface area contributed by atoms with Gasteiger partial charge in [-0.1, -0.05) is 12.1 Å². The van der Waals surface area contributed by atoms with Crippen LogP contribution in [0.15, 0.2) is 53.1 Å². The highest BCUT2D eigenvalue weighted by molar-refractivity contribution is 6.00. The third-order valence-electron chi connectivity index (χ3n) is 4.38. The average Bonchev–Trinajstić information content (AvgIpc) is 3.29. The fourth-order valence-electron chi connectivity index (χ4n) is 2.88. The molecule has 2 heterocycles. The first kappa shape index (κ1) is 18.4. The summed E-state index contributed by atoms with van der Waals surface area (Å²) >= 11 is 0. The number of hydrogen-bond donors (Lipinski definition) is 0. The van der Waals surface area contributed by atoms with Crippen LogP contribution in [-0.2, 0) is 11.3 Å². The normalized spacial score (nSPS) is 10.6. The highest BCUT2D eigenvalue weighted by Crippen LogP contribution is 2.18. The molecule has 0 aliphatic carbocycles. The molecular weight excluding hydrogens is 346 g/mol. The number of carbonyl (C=O) groups excluding carboxylic acids is 3. The number of Topliss-reactive ketones (excluding diaryl/α,β-unsaturated/α-hetero) is 1.